The first-order chi connectivity index (χ1) is 13.7. The molecule has 0 saturated carbocycles. The van der Waals surface area contributed by atoms with Crippen LogP contribution in [0.15, 0.2) is 31.9 Å². The molecule has 0 bridgehead atoms. The number of hydrogen-bond acceptors (Lipinski definition) is 8. The largest absolute Gasteiger partial charge is 2.00 e. The van der Waals surface area contributed by atoms with Crippen molar-refractivity contribution in [3.63, 3.8) is 0 Å². The zero-order valence-corrected chi connectivity index (χ0v) is 22.7. The molecule has 0 spiro atoms. The van der Waals surface area contributed by atoms with Gasteiger partial charge in [-0.2, -0.15) is 0 Å². The summed E-state index contributed by atoms with van der Waals surface area (Å²) in [5, 5.41) is 19.3. The van der Waals surface area contributed by atoms with Gasteiger partial charge in [-0.1, -0.05) is 19.6 Å². The van der Waals surface area contributed by atoms with Crippen LogP contribution < -0.4 is 17.0 Å². The van der Waals surface area contributed by atoms with Crippen LogP contribution in [0, 0.1) is 6.58 Å². The van der Waals surface area contributed by atoms with Gasteiger partial charge in [-0.15, -0.1) is 13.2 Å². The molecule has 0 radical (unpaired) electrons. The summed E-state index contributed by atoms with van der Waals surface area (Å²) in [6, 6.07) is 0. The number of carbonyl (C=O) groups excluding carboxylic acids is 2. The van der Waals surface area contributed by atoms with Gasteiger partial charge in [0.1, 0.15) is 24.4 Å². The van der Waals surface area contributed by atoms with Gasteiger partial charge < -0.3 is 52.7 Å². The molecular formula is C23H39BrMgO8. The number of aliphatic hydroxyl groups excluding tert-OH is 2. The Labute approximate surface area is 225 Å². The molecule has 2 aliphatic heterocycles. The second-order valence-electron chi connectivity index (χ2n) is 7.72. The van der Waals surface area contributed by atoms with Gasteiger partial charge in [0.2, 0.25) is 0 Å². The van der Waals surface area contributed by atoms with E-state index in [9.17, 15) is 19.8 Å². The molecule has 2 aliphatic rings. The van der Waals surface area contributed by atoms with Gasteiger partial charge in [0.05, 0.1) is 0 Å². The molecule has 2 unspecified atom stereocenters. The summed E-state index contributed by atoms with van der Waals surface area (Å²) in [6.45, 7) is 23.6. The summed E-state index contributed by atoms with van der Waals surface area (Å²) in [4.78, 5) is 22.2. The van der Waals surface area contributed by atoms with Crippen LogP contribution in [-0.4, -0.2) is 93.0 Å². The number of carbonyl (C=O) groups is 2. The molecule has 2 fully saturated rings. The molecule has 10 heteroatoms. The minimum Gasteiger partial charge on any atom is -1.00 e. The number of halogens is 1. The fourth-order valence-electron chi connectivity index (χ4n) is 2.97. The number of hydrogen-bond donors (Lipinski definition) is 2. The van der Waals surface area contributed by atoms with E-state index in [0.717, 1.165) is 0 Å². The van der Waals surface area contributed by atoms with Crippen LogP contribution in [0.25, 0.3) is 0 Å². The predicted molar refractivity (Wildman–Crippen MR) is 124 cm³/mol. The Kier molecular flexibility index (Phi) is 20.6. The van der Waals surface area contributed by atoms with Crippen molar-refractivity contribution >= 4 is 34.6 Å². The van der Waals surface area contributed by atoms with E-state index in [1.807, 2.05) is 0 Å². The van der Waals surface area contributed by atoms with Gasteiger partial charge in [-0.05, 0) is 41.5 Å². The third kappa shape index (κ3) is 12.2. The van der Waals surface area contributed by atoms with Gasteiger partial charge in [0.25, 0.3) is 0 Å². The SMILES string of the molecule is C.C=C[C@H](O)C1OC(C)(C)O[C@H]1[C@@H](O)C=C.CC(=O)C1OC(C)(C)O[C@H]1C(C)=O.[Br-].[CH-]=C.[Mg+2]. The molecule has 0 aromatic carbocycles. The fourth-order valence-corrected chi connectivity index (χ4v) is 2.97. The van der Waals surface area contributed by atoms with E-state index < -0.39 is 48.2 Å². The Bertz CT molecular complexity index is 578. The first-order valence-corrected chi connectivity index (χ1v) is 9.49. The third-order valence-corrected chi connectivity index (χ3v) is 4.22. The number of ketones is 2. The Morgan fingerprint density at radius 1 is 0.818 bits per heavy atom. The standard InChI is InChI=1S/C11H18O4.C9H14O4.C2H3.CH4.BrH.Mg/c1-5-7(12)9-10(8(13)6-2)15-11(3,4)14-9;1-5(10)7-8(6(2)11)13-9(3,4)12-7;1-2;;;/h5-10,12-13H,1-2H2,3-4H3;7-8H,1-4H3;1H,2H2;1H4;1H;/q;;-1;;;+2/p-1/t7-,8-,9-,10?;7-,8?;;;;/m00..../s1. The third-order valence-electron chi connectivity index (χ3n) is 4.22. The monoisotopic (exact) mass is 546 g/mol. The second kappa shape index (κ2) is 17.1. The molecule has 2 N–H and O–H groups in total. The van der Waals surface area contributed by atoms with Crippen molar-refractivity contribution in [1.29, 1.82) is 0 Å². The van der Waals surface area contributed by atoms with Crippen molar-refractivity contribution in [3.8, 4) is 0 Å². The predicted octanol–water partition coefficient (Wildman–Crippen LogP) is -0.851. The zero-order chi connectivity index (χ0) is 23.9. The smallest absolute Gasteiger partial charge is 1.00 e. The van der Waals surface area contributed by atoms with Gasteiger partial charge >= 0.3 is 23.1 Å². The summed E-state index contributed by atoms with van der Waals surface area (Å²) in [6.07, 6.45) is -1.75. The quantitative estimate of drug-likeness (QED) is 0.251. The molecule has 2 saturated heterocycles. The van der Waals surface area contributed by atoms with Gasteiger partial charge in [-0.3, -0.25) is 16.2 Å². The van der Waals surface area contributed by atoms with Gasteiger partial charge in [0, 0.05) is 0 Å². The number of rotatable bonds is 6. The van der Waals surface area contributed by atoms with E-state index >= 15 is 0 Å². The summed E-state index contributed by atoms with van der Waals surface area (Å²) in [5.74, 6) is -2.01. The first-order valence-electron chi connectivity index (χ1n) is 9.49. The van der Waals surface area contributed by atoms with Crippen molar-refractivity contribution in [2.45, 2.75) is 97.2 Å². The van der Waals surface area contributed by atoms with Crippen LogP contribution in [-0.2, 0) is 28.5 Å². The van der Waals surface area contributed by atoms with E-state index in [-0.39, 0.29) is 59.0 Å². The number of aliphatic hydroxyl groups is 2. The van der Waals surface area contributed by atoms with E-state index in [0.29, 0.717) is 0 Å². The zero-order valence-electron chi connectivity index (χ0n) is 19.7. The molecule has 0 aliphatic carbocycles. The summed E-state index contributed by atoms with van der Waals surface area (Å²) in [7, 11) is 0. The van der Waals surface area contributed by atoms with Crippen LogP contribution in [0.2, 0.25) is 0 Å². The molecule has 6 atom stereocenters. The summed E-state index contributed by atoms with van der Waals surface area (Å²) < 4.78 is 21.6. The Balaban J connectivity index is -0.000000220. The van der Waals surface area contributed by atoms with Crippen LogP contribution in [0.4, 0.5) is 0 Å². The van der Waals surface area contributed by atoms with Crippen LogP contribution in [0.5, 0.6) is 0 Å². The first kappa shape index (κ1) is 39.8. The molecule has 8 nitrogen and oxygen atoms in total. The van der Waals surface area contributed by atoms with Crippen LogP contribution >= 0.6 is 0 Å². The van der Waals surface area contributed by atoms with Crippen molar-refractivity contribution in [2.24, 2.45) is 0 Å². The number of ether oxygens (including phenoxy) is 4. The normalized spacial score (nSPS) is 27.8. The van der Waals surface area contributed by atoms with Gasteiger partial charge in [0.15, 0.2) is 35.3 Å². The molecule has 188 valence electrons. The molecule has 0 aromatic heterocycles. The maximum absolute atomic E-state index is 11.1. The van der Waals surface area contributed by atoms with Crippen LogP contribution in [0.1, 0.15) is 49.0 Å². The van der Waals surface area contributed by atoms with Crippen molar-refractivity contribution in [1.82, 2.24) is 0 Å². The topological polar surface area (TPSA) is 112 Å². The minimum atomic E-state index is -0.869. The summed E-state index contributed by atoms with van der Waals surface area (Å²) >= 11 is 0. The average Bonchev–Trinajstić information content (AvgIpc) is 3.18. The Hall–Kier alpha value is -0.434. The molecular weight excluding hydrogens is 508 g/mol. The van der Waals surface area contributed by atoms with E-state index in [1.165, 1.54) is 26.0 Å². The Morgan fingerprint density at radius 2 is 1.06 bits per heavy atom. The van der Waals surface area contributed by atoms with E-state index in [1.54, 1.807) is 27.7 Å². The van der Waals surface area contributed by atoms with Crippen LogP contribution in [0.3, 0.4) is 0 Å². The van der Waals surface area contributed by atoms with E-state index in [2.05, 4.69) is 26.3 Å². The molecule has 0 amide bonds. The van der Waals surface area contributed by atoms with Crippen molar-refractivity contribution < 1.29 is 55.7 Å². The molecule has 33 heavy (non-hydrogen) atoms. The van der Waals surface area contributed by atoms with E-state index in [4.69, 9.17) is 18.9 Å². The van der Waals surface area contributed by atoms with Crippen molar-refractivity contribution in [2.75, 3.05) is 0 Å². The molecule has 0 aromatic rings. The van der Waals surface area contributed by atoms with Crippen molar-refractivity contribution in [3.05, 3.63) is 38.5 Å². The second-order valence-corrected chi connectivity index (χ2v) is 7.72. The average molecular weight is 548 g/mol. The summed E-state index contributed by atoms with van der Waals surface area (Å²) in [5.41, 5.74) is 0. The molecule has 2 heterocycles. The maximum Gasteiger partial charge on any atom is 2.00 e. The molecule has 2 rings (SSSR count). The van der Waals surface area contributed by atoms with Gasteiger partial charge in [-0.25, -0.2) is 0 Å². The maximum atomic E-state index is 11.1. The fraction of sp³-hybridized carbons (Fsp3) is 0.652. The minimum absolute atomic E-state index is 0. The Morgan fingerprint density at radius 3 is 1.27 bits per heavy atom. The number of Topliss-reactive ketones (excluding diaryl/α,β-unsaturated/α-hetero) is 2.